The normalized spacial score (nSPS) is 47.6. The van der Waals surface area contributed by atoms with E-state index < -0.39 is 0 Å². The van der Waals surface area contributed by atoms with Crippen molar-refractivity contribution in [3.8, 4) is 0 Å². The van der Waals surface area contributed by atoms with E-state index in [0.717, 1.165) is 6.42 Å². The third-order valence-electron chi connectivity index (χ3n) is 1.61. The molecule has 1 aliphatic carbocycles. The molecule has 0 heterocycles. The molecule has 0 amide bonds. The van der Waals surface area contributed by atoms with Crippen molar-refractivity contribution in [3.05, 3.63) is 0 Å². The van der Waals surface area contributed by atoms with Crippen LogP contribution >= 0.6 is 0 Å². The van der Waals surface area contributed by atoms with E-state index in [0.29, 0.717) is 6.42 Å². The Kier molecular flexibility index (Phi) is 1.51. The molecule has 5 N–H and O–H groups in total. The molecule has 0 aromatic rings. The first-order valence-corrected chi connectivity index (χ1v) is 2.89. The van der Waals surface area contributed by atoms with Crippen LogP contribution in [0.5, 0.6) is 0 Å². The number of aliphatic hydroxyl groups is 1. The first kappa shape index (κ1) is 6.01. The molecule has 1 saturated carbocycles. The van der Waals surface area contributed by atoms with Gasteiger partial charge in [-0.15, -0.1) is 0 Å². The van der Waals surface area contributed by atoms with Gasteiger partial charge in [0.15, 0.2) is 0 Å². The summed E-state index contributed by atoms with van der Waals surface area (Å²) in [4.78, 5) is 0. The quantitative estimate of drug-likeness (QED) is 0.372. The Morgan fingerprint density at radius 2 is 1.88 bits per heavy atom. The molecule has 3 heteroatoms. The van der Waals surface area contributed by atoms with Gasteiger partial charge in [0.25, 0.3) is 0 Å². The maximum atomic E-state index is 8.96. The third-order valence-corrected chi connectivity index (χ3v) is 1.61. The highest BCUT2D eigenvalue weighted by atomic mass is 16.3. The van der Waals surface area contributed by atoms with E-state index in [1.165, 1.54) is 0 Å². The van der Waals surface area contributed by atoms with Gasteiger partial charge in [0.05, 0.1) is 6.10 Å². The van der Waals surface area contributed by atoms with Gasteiger partial charge in [-0.05, 0) is 12.8 Å². The topological polar surface area (TPSA) is 72.3 Å². The lowest BCUT2D eigenvalue weighted by molar-refractivity contribution is 0.164. The van der Waals surface area contributed by atoms with Gasteiger partial charge >= 0.3 is 0 Å². The second-order valence-electron chi connectivity index (χ2n) is 2.46. The van der Waals surface area contributed by atoms with Crippen LogP contribution in [0.2, 0.25) is 0 Å². The van der Waals surface area contributed by atoms with Crippen molar-refractivity contribution in [2.75, 3.05) is 0 Å². The highest BCUT2D eigenvalue weighted by molar-refractivity contribution is 4.87. The van der Waals surface area contributed by atoms with Crippen LogP contribution in [0.4, 0.5) is 0 Å². The van der Waals surface area contributed by atoms with Gasteiger partial charge in [0.2, 0.25) is 0 Å². The minimum absolute atomic E-state index is 0.0787. The van der Waals surface area contributed by atoms with Crippen molar-refractivity contribution in [2.45, 2.75) is 31.0 Å². The third kappa shape index (κ3) is 0.992. The molecular weight excluding hydrogens is 104 g/mol. The number of hydrogen-bond acceptors (Lipinski definition) is 3. The van der Waals surface area contributed by atoms with E-state index in [9.17, 15) is 0 Å². The molecule has 0 aromatic heterocycles. The summed E-state index contributed by atoms with van der Waals surface area (Å²) in [5.41, 5.74) is 10.9. The van der Waals surface area contributed by atoms with Gasteiger partial charge in [-0.1, -0.05) is 0 Å². The van der Waals surface area contributed by atoms with Crippen LogP contribution in [0.1, 0.15) is 12.8 Å². The number of nitrogens with two attached hydrogens (primary N) is 2. The van der Waals surface area contributed by atoms with Crippen LogP contribution in [0.25, 0.3) is 0 Å². The zero-order chi connectivity index (χ0) is 6.15. The van der Waals surface area contributed by atoms with Crippen LogP contribution in [-0.4, -0.2) is 23.3 Å². The molecule has 3 nitrogen and oxygen atoms in total. The second-order valence-corrected chi connectivity index (χ2v) is 2.46. The summed E-state index contributed by atoms with van der Waals surface area (Å²) in [6, 6.07) is 0.0463. The van der Waals surface area contributed by atoms with Crippen molar-refractivity contribution >= 4 is 0 Å². The fourth-order valence-corrected chi connectivity index (χ4v) is 1.09. The number of rotatable bonds is 0. The molecule has 1 aliphatic rings. The maximum Gasteiger partial charge on any atom is 0.0706 e. The fraction of sp³-hybridized carbons (Fsp3) is 1.00. The van der Waals surface area contributed by atoms with Gasteiger partial charge in [0, 0.05) is 12.1 Å². The fourth-order valence-electron chi connectivity index (χ4n) is 1.09. The van der Waals surface area contributed by atoms with Crippen molar-refractivity contribution in [2.24, 2.45) is 11.5 Å². The van der Waals surface area contributed by atoms with Crippen molar-refractivity contribution in [1.29, 1.82) is 0 Å². The minimum atomic E-state index is -0.356. The van der Waals surface area contributed by atoms with E-state index in [1.807, 2.05) is 0 Å². The van der Waals surface area contributed by atoms with Gasteiger partial charge in [-0.25, -0.2) is 0 Å². The molecule has 0 aliphatic heterocycles. The molecule has 8 heavy (non-hydrogen) atoms. The molecule has 0 radical (unpaired) electrons. The lowest BCUT2D eigenvalue weighted by atomic mass is 10.2. The zero-order valence-electron chi connectivity index (χ0n) is 4.75. The highest BCUT2D eigenvalue weighted by Crippen LogP contribution is 2.15. The first-order chi connectivity index (χ1) is 3.70. The average molecular weight is 116 g/mol. The summed E-state index contributed by atoms with van der Waals surface area (Å²) in [6.07, 6.45) is 1.08. The average Bonchev–Trinajstić information content (AvgIpc) is 1.85. The zero-order valence-corrected chi connectivity index (χ0v) is 4.75. The van der Waals surface area contributed by atoms with Gasteiger partial charge in [-0.3, -0.25) is 0 Å². The minimum Gasteiger partial charge on any atom is -0.391 e. The molecule has 1 rings (SSSR count). The maximum absolute atomic E-state index is 8.96. The molecule has 3 atom stereocenters. The summed E-state index contributed by atoms with van der Waals surface area (Å²) in [5, 5.41) is 8.96. The highest BCUT2D eigenvalue weighted by Gasteiger charge is 2.27. The molecule has 0 bridgehead atoms. The summed E-state index contributed by atoms with van der Waals surface area (Å²) in [7, 11) is 0. The smallest absolute Gasteiger partial charge is 0.0706 e. The van der Waals surface area contributed by atoms with Gasteiger partial charge < -0.3 is 16.6 Å². The van der Waals surface area contributed by atoms with Crippen LogP contribution in [0.15, 0.2) is 0 Å². The van der Waals surface area contributed by atoms with Crippen LogP contribution in [0.3, 0.4) is 0 Å². The van der Waals surface area contributed by atoms with E-state index in [4.69, 9.17) is 16.6 Å². The molecular formula is C5H12N2O. The second kappa shape index (κ2) is 2.01. The first-order valence-electron chi connectivity index (χ1n) is 2.89. The Morgan fingerprint density at radius 1 is 1.25 bits per heavy atom. The summed E-state index contributed by atoms with van der Waals surface area (Å²) >= 11 is 0. The Bertz CT molecular complexity index is 76.5. The Balaban J connectivity index is 2.39. The Labute approximate surface area is 48.7 Å². The monoisotopic (exact) mass is 116 g/mol. The van der Waals surface area contributed by atoms with Gasteiger partial charge in [0.1, 0.15) is 0 Å². The lowest BCUT2D eigenvalue weighted by Gasteiger charge is -2.04. The molecule has 48 valence electrons. The Morgan fingerprint density at radius 3 is 2.00 bits per heavy atom. The van der Waals surface area contributed by atoms with E-state index >= 15 is 0 Å². The molecule has 0 aromatic carbocycles. The molecule has 0 saturated heterocycles. The predicted octanol–water partition coefficient (Wildman–Crippen LogP) is -1.20. The SMILES string of the molecule is N[C@@H]1C[C@@H](N)[C@H](O)C1. The number of aliphatic hydroxyl groups excluding tert-OH is 1. The molecule has 0 unspecified atom stereocenters. The molecule has 1 fully saturated rings. The lowest BCUT2D eigenvalue weighted by Crippen LogP contribution is -2.28. The Hall–Kier alpha value is -0.120. The van der Waals surface area contributed by atoms with Crippen LogP contribution in [0, 0.1) is 0 Å². The van der Waals surface area contributed by atoms with Gasteiger partial charge in [-0.2, -0.15) is 0 Å². The van der Waals surface area contributed by atoms with Crippen molar-refractivity contribution < 1.29 is 5.11 Å². The number of hydrogen-bond donors (Lipinski definition) is 3. The van der Waals surface area contributed by atoms with E-state index in [2.05, 4.69) is 0 Å². The van der Waals surface area contributed by atoms with E-state index in [-0.39, 0.29) is 18.2 Å². The van der Waals surface area contributed by atoms with Crippen LogP contribution in [-0.2, 0) is 0 Å². The summed E-state index contributed by atoms with van der Waals surface area (Å²) in [5.74, 6) is 0. The summed E-state index contributed by atoms with van der Waals surface area (Å²) in [6.45, 7) is 0. The van der Waals surface area contributed by atoms with Crippen LogP contribution < -0.4 is 11.5 Å². The standard InChI is InChI=1S/C5H12N2O/c6-3-1-4(7)5(8)2-3/h3-5,8H,1-2,6-7H2/t3-,4-,5-/m1/s1. The summed E-state index contributed by atoms with van der Waals surface area (Å²) < 4.78 is 0. The largest absolute Gasteiger partial charge is 0.391 e. The molecule has 0 spiro atoms. The van der Waals surface area contributed by atoms with Crippen molar-refractivity contribution in [3.63, 3.8) is 0 Å². The van der Waals surface area contributed by atoms with E-state index in [1.54, 1.807) is 0 Å². The van der Waals surface area contributed by atoms with Crippen molar-refractivity contribution in [1.82, 2.24) is 0 Å². The predicted molar refractivity (Wildman–Crippen MR) is 31.2 cm³/mol.